The minimum absolute atomic E-state index is 0.298. The van der Waals surface area contributed by atoms with E-state index in [1.807, 2.05) is 11.4 Å². The largest absolute Gasteiger partial charge is 0.368 e. The average molecular weight is 290 g/mol. The Labute approximate surface area is 119 Å². The SMILES string of the molecule is CC(Cc1ccsc1)Nc1nc(N)nc2sccc12. The molecule has 19 heavy (non-hydrogen) atoms. The number of hydrogen-bond acceptors (Lipinski definition) is 6. The molecule has 0 aromatic carbocycles. The highest BCUT2D eigenvalue weighted by Gasteiger charge is 2.10. The third-order valence-electron chi connectivity index (χ3n) is 2.85. The molecule has 3 aromatic heterocycles. The van der Waals surface area contributed by atoms with Gasteiger partial charge in [0.15, 0.2) is 0 Å². The molecule has 0 aliphatic rings. The number of fused-ring (bicyclic) bond motifs is 1. The Balaban J connectivity index is 1.82. The van der Waals surface area contributed by atoms with Crippen molar-refractivity contribution in [1.29, 1.82) is 0 Å². The second-order valence-electron chi connectivity index (χ2n) is 4.45. The monoisotopic (exact) mass is 290 g/mol. The molecule has 3 heterocycles. The molecule has 0 aliphatic carbocycles. The number of rotatable bonds is 4. The van der Waals surface area contributed by atoms with E-state index in [9.17, 15) is 0 Å². The molecule has 3 aromatic rings. The van der Waals surface area contributed by atoms with Crippen LogP contribution in [0.2, 0.25) is 0 Å². The number of nitrogen functional groups attached to an aromatic ring is 1. The number of thiophene rings is 2. The highest BCUT2D eigenvalue weighted by molar-refractivity contribution is 7.16. The van der Waals surface area contributed by atoms with Crippen molar-refractivity contribution in [3.05, 3.63) is 33.8 Å². The normalized spacial score (nSPS) is 12.7. The first-order chi connectivity index (χ1) is 9.22. The predicted octanol–water partition coefficient (Wildman–Crippen LogP) is 3.38. The summed E-state index contributed by atoms with van der Waals surface area (Å²) in [6.45, 7) is 2.15. The molecule has 1 unspecified atom stereocenters. The maximum absolute atomic E-state index is 5.74. The van der Waals surface area contributed by atoms with Gasteiger partial charge in [-0.25, -0.2) is 4.98 Å². The minimum atomic E-state index is 0.298. The number of hydrogen-bond donors (Lipinski definition) is 2. The summed E-state index contributed by atoms with van der Waals surface area (Å²) in [5.74, 6) is 1.15. The fourth-order valence-electron chi connectivity index (χ4n) is 2.03. The van der Waals surface area contributed by atoms with Crippen molar-refractivity contribution < 1.29 is 0 Å². The van der Waals surface area contributed by atoms with E-state index in [1.165, 1.54) is 5.56 Å². The van der Waals surface area contributed by atoms with Gasteiger partial charge in [-0.15, -0.1) is 11.3 Å². The molecule has 98 valence electrons. The van der Waals surface area contributed by atoms with E-state index >= 15 is 0 Å². The van der Waals surface area contributed by atoms with Crippen molar-refractivity contribution in [2.45, 2.75) is 19.4 Å². The Bertz CT molecular complexity index is 675. The fraction of sp³-hybridized carbons (Fsp3) is 0.231. The Kier molecular flexibility index (Phi) is 3.35. The topological polar surface area (TPSA) is 63.8 Å². The molecule has 3 rings (SSSR count). The van der Waals surface area contributed by atoms with Crippen molar-refractivity contribution >= 4 is 44.7 Å². The Hall–Kier alpha value is -1.66. The zero-order valence-electron chi connectivity index (χ0n) is 10.5. The second-order valence-corrected chi connectivity index (χ2v) is 6.13. The first kappa shape index (κ1) is 12.4. The average Bonchev–Trinajstić information content (AvgIpc) is 2.99. The summed E-state index contributed by atoms with van der Waals surface area (Å²) in [6, 6.07) is 4.48. The number of nitrogens with two attached hydrogens (primary N) is 1. The molecule has 4 nitrogen and oxygen atoms in total. The molecule has 0 bridgehead atoms. The van der Waals surface area contributed by atoms with Gasteiger partial charge < -0.3 is 11.1 Å². The van der Waals surface area contributed by atoms with Gasteiger partial charge in [0.2, 0.25) is 5.95 Å². The van der Waals surface area contributed by atoms with E-state index in [0.717, 1.165) is 22.5 Å². The quantitative estimate of drug-likeness (QED) is 0.773. The molecule has 0 aliphatic heterocycles. The number of anilines is 2. The molecule has 3 N–H and O–H groups in total. The van der Waals surface area contributed by atoms with Crippen molar-refractivity contribution in [2.75, 3.05) is 11.1 Å². The van der Waals surface area contributed by atoms with Crippen LogP contribution in [0.15, 0.2) is 28.3 Å². The van der Waals surface area contributed by atoms with Crippen LogP contribution in [0.25, 0.3) is 10.2 Å². The van der Waals surface area contributed by atoms with Gasteiger partial charge in [-0.3, -0.25) is 0 Å². The highest BCUT2D eigenvalue weighted by Crippen LogP contribution is 2.26. The highest BCUT2D eigenvalue weighted by atomic mass is 32.1. The van der Waals surface area contributed by atoms with Gasteiger partial charge in [0.25, 0.3) is 0 Å². The Morgan fingerprint density at radius 1 is 1.32 bits per heavy atom. The lowest BCUT2D eigenvalue weighted by atomic mass is 10.1. The van der Waals surface area contributed by atoms with Crippen LogP contribution < -0.4 is 11.1 Å². The third-order valence-corrected chi connectivity index (χ3v) is 4.39. The van der Waals surface area contributed by atoms with E-state index in [0.29, 0.717) is 12.0 Å². The summed E-state index contributed by atoms with van der Waals surface area (Å²) in [5, 5.41) is 10.7. The molecule has 1 atom stereocenters. The van der Waals surface area contributed by atoms with Crippen LogP contribution in [0.4, 0.5) is 11.8 Å². The van der Waals surface area contributed by atoms with Crippen LogP contribution in [-0.4, -0.2) is 16.0 Å². The van der Waals surface area contributed by atoms with Crippen LogP contribution in [0, 0.1) is 0 Å². The van der Waals surface area contributed by atoms with Crippen molar-refractivity contribution in [1.82, 2.24) is 9.97 Å². The fourth-order valence-corrected chi connectivity index (χ4v) is 3.48. The van der Waals surface area contributed by atoms with Gasteiger partial charge in [-0.05, 0) is 47.2 Å². The minimum Gasteiger partial charge on any atom is -0.368 e. The number of nitrogens with one attached hydrogen (secondary N) is 1. The van der Waals surface area contributed by atoms with E-state index in [4.69, 9.17) is 5.73 Å². The lowest BCUT2D eigenvalue weighted by molar-refractivity contribution is 0.788. The molecule has 0 radical (unpaired) electrons. The Morgan fingerprint density at radius 3 is 3.00 bits per heavy atom. The first-order valence-corrected chi connectivity index (χ1v) is 7.83. The molecule has 0 saturated heterocycles. The Morgan fingerprint density at radius 2 is 2.21 bits per heavy atom. The predicted molar refractivity (Wildman–Crippen MR) is 82.9 cm³/mol. The lowest BCUT2D eigenvalue weighted by Gasteiger charge is -2.14. The van der Waals surface area contributed by atoms with E-state index in [2.05, 4.69) is 39.0 Å². The van der Waals surface area contributed by atoms with E-state index < -0.39 is 0 Å². The van der Waals surface area contributed by atoms with Crippen molar-refractivity contribution in [2.24, 2.45) is 0 Å². The smallest absolute Gasteiger partial charge is 0.223 e. The molecule has 6 heteroatoms. The van der Waals surface area contributed by atoms with Gasteiger partial charge in [0.1, 0.15) is 10.6 Å². The van der Waals surface area contributed by atoms with Crippen molar-refractivity contribution in [3.8, 4) is 0 Å². The zero-order valence-corrected chi connectivity index (χ0v) is 12.1. The van der Waals surface area contributed by atoms with Crippen LogP contribution >= 0.6 is 22.7 Å². The molecule has 0 spiro atoms. The molecular weight excluding hydrogens is 276 g/mol. The van der Waals surface area contributed by atoms with Crippen LogP contribution in [0.1, 0.15) is 12.5 Å². The summed E-state index contributed by atoms with van der Waals surface area (Å²) < 4.78 is 0. The lowest BCUT2D eigenvalue weighted by Crippen LogP contribution is -2.19. The zero-order chi connectivity index (χ0) is 13.2. The van der Waals surface area contributed by atoms with Gasteiger partial charge in [0.05, 0.1) is 5.39 Å². The van der Waals surface area contributed by atoms with Crippen LogP contribution in [0.3, 0.4) is 0 Å². The third kappa shape index (κ3) is 2.69. The van der Waals surface area contributed by atoms with E-state index in [-0.39, 0.29) is 0 Å². The molecule has 0 amide bonds. The van der Waals surface area contributed by atoms with Crippen LogP contribution in [0.5, 0.6) is 0 Å². The maximum atomic E-state index is 5.74. The summed E-state index contributed by atoms with van der Waals surface area (Å²) in [6.07, 6.45) is 0.971. The maximum Gasteiger partial charge on any atom is 0.223 e. The van der Waals surface area contributed by atoms with Gasteiger partial charge in [0, 0.05) is 6.04 Å². The first-order valence-electron chi connectivity index (χ1n) is 6.00. The summed E-state index contributed by atoms with van der Waals surface area (Å²) in [4.78, 5) is 9.46. The van der Waals surface area contributed by atoms with Gasteiger partial charge in [-0.1, -0.05) is 0 Å². The number of nitrogens with zero attached hydrogens (tertiary/aromatic N) is 2. The molecular formula is C13H14N4S2. The van der Waals surface area contributed by atoms with E-state index in [1.54, 1.807) is 22.7 Å². The van der Waals surface area contributed by atoms with Gasteiger partial charge in [-0.2, -0.15) is 16.3 Å². The van der Waals surface area contributed by atoms with Crippen molar-refractivity contribution in [3.63, 3.8) is 0 Å². The summed E-state index contributed by atoms with van der Waals surface area (Å²) in [7, 11) is 0. The standard InChI is InChI=1S/C13H14N4S2/c1-8(6-9-2-4-18-7-9)15-11-10-3-5-19-12(10)17-13(14)16-11/h2-5,7-8H,6H2,1H3,(H3,14,15,16,17). The van der Waals surface area contributed by atoms with Gasteiger partial charge >= 0.3 is 0 Å². The molecule has 0 fully saturated rings. The van der Waals surface area contributed by atoms with Crippen LogP contribution in [-0.2, 0) is 6.42 Å². The molecule has 0 saturated carbocycles. The second kappa shape index (κ2) is 5.14. The summed E-state index contributed by atoms with van der Waals surface area (Å²) >= 11 is 3.30. The number of aromatic nitrogens is 2. The summed E-state index contributed by atoms with van der Waals surface area (Å²) in [5.41, 5.74) is 7.08.